The van der Waals surface area contributed by atoms with E-state index >= 15 is 0 Å². The van der Waals surface area contributed by atoms with Crippen molar-refractivity contribution in [1.82, 2.24) is 15.0 Å². The molecule has 5 nitrogen and oxygen atoms in total. The number of nitrogens with zero attached hydrogens (tertiary/aromatic N) is 4. The second-order valence-electron chi connectivity index (χ2n) is 4.90. The Hall–Kier alpha value is -2.48. The first kappa shape index (κ1) is 12.5. The zero-order chi connectivity index (χ0) is 13.9. The number of rotatable bonds is 3. The summed E-state index contributed by atoms with van der Waals surface area (Å²) in [6.07, 6.45) is 4.90. The van der Waals surface area contributed by atoms with Crippen molar-refractivity contribution >= 4 is 5.82 Å². The number of hydrogen-bond acceptors (Lipinski definition) is 5. The predicted molar refractivity (Wildman–Crippen MR) is 75.1 cm³/mol. The monoisotopic (exact) mass is 265 g/mol. The average Bonchev–Trinajstić information content (AvgIpc) is 2.91. The summed E-state index contributed by atoms with van der Waals surface area (Å²) in [5, 5.41) is 12.4. The highest BCUT2D eigenvalue weighted by Gasteiger charge is 2.16. The molecule has 0 fully saturated rings. The van der Waals surface area contributed by atoms with Gasteiger partial charge < -0.3 is 5.32 Å². The molecular formula is C15H15N5. The third kappa shape index (κ3) is 2.45. The summed E-state index contributed by atoms with van der Waals surface area (Å²) in [6, 6.07) is 6.04. The third-order valence-electron chi connectivity index (χ3n) is 3.44. The number of pyridine rings is 1. The number of aryl methyl sites for hydroxylation is 3. The van der Waals surface area contributed by atoms with Gasteiger partial charge in [0.25, 0.3) is 0 Å². The fourth-order valence-electron chi connectivity index (χ4n) is 2.47. The lowest BCUT2D eigenvalue weighted by molar-refractivity contribution is 0.897. The second-order valence-corrected chi connectivity index (χ2v) is 4.90. The van der Waals surface area contributed by atoms with Gasteiger partial charge in [-0.2, -0.15) is 5.26 Å². The van der Waals surface area contributed by atoms with E-state index in [4.69, 9.17) is 0 Å². The zero-order valence-corrected chi connectivity index (χ0v) is 11.3. The summed E-state index contributed by atoms with van der Waals surface area (Å²) in [6.45, 7) is 2.40. The minimum absolute atomic E-state index is 0.545. The van der Waals surface area contributed by atoms with Crippen LogP contribution in [-0.2, 0) is 19.4 Å². The molecule has 3 rings (SSSR count). The van der Waals surface area contributed by atoms with Crippen LogP contribution in [-0.4, -0.2) is 15.0 Å². The van der Waals surface area contributed by atoms with Crippen LogP contribution in [0.5, 0.6) is 0 Å². The number of hydrogen-bond donors (Lipinski definition) is 1. The maximum atomic E-state index is 9.24. The van der Waals surface area contributed by atoms with Crippen LogP contribution in [0.2, 0.25) is 0 Å². The third-order valence-corrected chi connectivity index (χ3v) is 3.44. The Balaban J connectivity index is 1.82. The Labute approximate surface area is 117 Å². The molecule has 0 aliphatic heterocycles. The van der Waals surface area contributed by atoms with Crippen LogP contribution in [0.15, 0.2) is 18.3 Å². The fraction of sp³-hybridized carbons (Fsp3) is 0.333. The zero-order valence-electron chi connectivity index (χ0n) is 11.3. The van der Waals surface area contributed by atoms with Crippen LogP contribution in [0.4, 0.5) is 5.82 Å². The molecule has 5 heteroatoms. The van der Waals surface area contributed by atoms with Gasteiger partial charge >= 0.3 is 0 Å². The van der Waals surface area contributed by atoms with Gasteiger partial charge in [-0.1, -0.05) is 0 Å². The van der Waals surface area contributed by atoms with E-state index in [1.807, 2.05) is 19.1 Å². The van der Waals surface area contributed by atoms with Crippen molar-refractivity contribution < 1.29 is 0 Å². The molecule has 1 N–H and O–H groups in total. The minimum atomic E-state index is 0.545. The first-order chi connectivity index (χ1) is 9.76. The molecule has 0 saturated carbocycles. The topological polar surface area (TPSA) is 74.5 Å². The normalized spacial score (nSPS) is 12.8. The molecule has 100 valence electrons. The highest BCUT2D eigenvalue weighted by Crippen LogP contribution is 2.25. The van der Waals surface area contributed by atoms with Crippen LogP contribution in [0.3, 0.4) is 0 Å². The Morgan fingerprint density at radius 2 is 2.25 bits per heavy atom. The number of aromatic nitrogens is 3. The Kier molecular flexibility index (Phi) is 3.30. The first-order valence-electron chi connectivity index (χ1n) is 6.71. The maximum Gasteiger partial charge on any atom is 0.144 e. The van der Waals surface area contributed by atoms with Crippen molar-refractivity contribution in [2.75, 3.05) is 5.32 Å². The van der Waals surface area contributed by atoms with Gasteiger partial charge in [-0.15, -0.1) is 0 Å². The molecule has 0 saturated heterocycles. The molecule has 0 spiro atoms. The van der Waals surface area contributed by atoms with Gasteiger partial charge in [-0.05, 0) is 43.9 Å². The van der Waals surface area contributed by atoms with Gasteiger partial charge in [0, 0.05) is 11.9 Å². The number of nitriles is 1. The maximum absolute atomic E-state index is 9.24. The SMILES string of the molecule is Cc1nccc(CNc2nc3c(cc2C#N)CCC3)n1. The van der Waals surface area contributed by atoms with Gasteiger partial charge in [0.05, 0.1) is 17.8 Å². The Bertz CT molecular complexity index is 687. The van der Waals surface area contributed by atoms with E-state index in [1.54, 1.807) is 6.20 Å². The van der Waals surface area contributed by atoms with Gasteiger partial charge in [-0.3, -0.25) is 0 Å². The van der Waals surface area contributed by atoms with Gasteiger partial charge in [0.2, 0.25) is 0 Å². The quantitative estimate of drug-likeness (QED) is 0.920. The van der Waals surface area contributed by atoms with E-state index in [2.05, 4.69) is 26.3 Å². The Morgan fingerprint density at radius 1 is 1.35 bits per heavy atom. The van der Waals surface area contributed by atoms with Crippen molar-refractivity contribution in [2.24, 2.45) is 0 Å². The average molecular weight is 265 g/mol. The lowest BCUT2D eigenvalue weighted by atomic mass is 10.1. The van der Waals surface area contributed by atoms with Crippen molar-refractivity contribution in [1.29, 1.82) is 5.26 Å². The fourth-order valence-corrected chi connectivity index (χ4v) is 2.47. The molecule has 0 aromatic carbocycles. The molecule has 0 unspecified atom stereocenters. The van der Waals surface area contributed by atoms with Crippen LogP contribution in [0.25, 0.3) is 0 Å². The van der Waals surface area contributed by atoms with Gasteiger partial charge in [0.15, 0.2) is 0 Å². The van der Waals surface area contributed by atoms with E-state index in [-0.39, 0.29) is 0 Å². The summed E-state index contributed by atoms with van der Waals surface area (Å²) < 4.78 is 0. The molecule has 2 aromatic rings. The number of nitrogens with one attached hydrogen (secondary N) is 1. The molecule has 0 bridgehead atoms. The molecule has 2 aromatic heterocycles. The van der Waals surface area contributed by atoms with Crippen molar-refractivity contribution in [3.63, 3.8) is 0 Å². The number of anilines is 1. The highest BCUT2D eigenvalue weighted by atomic mass is 15.0. The molecule has 0 atom stereocenters. The van der Waals surface area contributed by atoms with Crippen LogP contribution >= 0.6 is 0 Å². The summed E-state index contributed by atoms with van der Waals surface area (Å²) in [4.78, 5) is 13.0. The van der Waals surface area contributed by atoms with Crippen LogP contribution in [0.1, 0.15) is 34.8 Å². The van der Waals surface area contributed by atoms with Crippen molar-refractivity contribution in [3.05, 3.63) is 46.7 Å². The van der Waals surface area contributed by atoms with Crippen LogP contribution < -0.4 is 5.32 Å². The Morgan fingerprint density at radius 3 is 3.05 bits per heavy atom. The lowest BCUT2D eigenvalue weighted by Crippen LogP contribution is -2.07. The molecule has 0 amide bonds. The molecule has 1 aliphatic carbocycles. The van der Waals surface area contributed by atoms with E-state index in [0.717, 1.165) is 36.5 Å². The second kappa shape index (κ2) is 5.25. The lowest BCUT2D eigenvalue weighted by Gasteiger charge is -2.09. The van der Waals surface area contributed by atoms with Gasteiger partial charge in [0.1, 0.15) is 17.7 Å². The van der Waals surface area contributed by atoms with Gasteiger partial charge in [-0.25, -0.2) is 15.0 Å². The summed E-state index contributed by atoms with van der Waals surface area (Å²) in [5.41, 5.74) is 3.83. The van der Waals surface area contributed by atoms with E-state index in [0.29, 0.717) is 17.9 Å². The highest BCUT2D eigenvalue weighted by molar-refractivity contribution is 5.55. The minimum Gasteiger partial charge on any atom is -0.363 e. The van der Waals surface area contributed by atoms with E-state index in [9.17, 15) is 5.26 Å². The predicted octanol–water partition coefficient (Wildman–Crippen LogP) is 2.15. The number of fused-ring (bicyclic) bond motifs is 1. The first-order valence-corrected chi connectivity index (χ1v) is 6.71. The van der Waals surface area contributed by atoms with E-state index in [1.165, 1.54) is 5.56 Å². The smallest absolute Gasteiger partial charge is 0.144 e. The summed E-state index contributed by atoms with van der Waals surface area (Å²) >= 11 is 0. The summed E-state index contributed by atoms with van der Waals surface area (Å²) in [7, 11) is 0. The largest absolute Gasteiger partial charge is 0.363 e. The molecular weight excluding hydrogens is 250 g/mol. The molecule has 1 aliphatic rings. The summed E-state index contributed by atoms with van der Waals surface area (Å²) in [5.74, 6) is 1.40. The van der Waals surface area contributed by atoms with Crippen LogP contribution in [0, 0.1) is 18.3 Å². The van der Waals surface area contributed by atoms with Crippen molar-refractivity contribution in [3.8, 4) is 6.07 Å². The molecule has 2 heterocycles. The van der Waals surface area contributed by atoms with Crippen molar-refractivity contribution in [2.45, 2.75) is 32.7 Å². The standard InChI is InChI=1S/C15H15N5/c1-10-17-6-5-13(19-10)9-18-15-12(8-16)7-11-3-2-4-14(11)20-15/h5-7H,2-4,9H2,1H3,(H,18,20). The molecule has 20 heavy (non-hydrogen) atoms. The van der Waals surface area contributed by atoms with E-state index < -0.39 is 0 Å². The molecule has 0 radical (unpaired) electrons.